The van der Waals surface area contributed by atoms with Crippen molar-refractivity contribution >= 4 is 28.6 Å². The molecule has 0 bridgehead atoms. The number of aliphatic carboxylic acids is 1. The van der Waals surface area contributed by atoms with Crippen molar-refractivity contribution in [2.45, 2.75) is 38.3 Å². The first-order chi connectivity index (χ1) is 14.4. The van der Waals surface area contributed by atoms with Gasteiger partial charge in [-0.2, -0.15) is 4.98 Å². The highest BCUT2D eigenvalue weighted by molar-refractivity contribution is 5.79. The minimum absolute atomic E-state index is 0.227. The maximum atomic E-state index is 12.0. The normalized spacial score (nSPS) is 16.4. The second kappa shape index (κ2) is 8.07. The van der Waals surface area contributed by atoms with Crippen molar-refractivity contribution in [3.8, 4) is 0 Å². The summed E-state index contributed by atoms with van der Waals surface area (Å²) in [5.41, 5.74) is 2.12. The summed E-state index contributed by atoms with van der Waals surface area (Å²) >= 11 is 0. The first kappa shape index (κ1) is 20.3. The molecule has 30 heavy (non-hydrogen) atoms. The summed E-state index contributed by atoms with van der Waals surface area (Å²) in [5.74, 6) is -0.252. The summed E-state index contributed by atoms with van der Waals surface area (Å²) in [4.78, 5) is 23.3. The molecular formula is C23H28N5O2. The fourth-order valence-electron chi connectivity index (χ4n) is 4.37. The fourth-order valence-corrected chi connectivity index (χ4v) is 4.37. The Kier molecular flexibility index (Phi) is 5.47. The van der Waals surface area contributed by atoms with Gasteiger partial charge < -0.3 is 19.9 Å². The molecule has 157 valence electrons. The molecule has 0 spiro atoms. The van der Waals surface area contributed by atoms with Gasteiger partial charge in [0.1, 0.15) is 5.65 Å². The molecule has 4 rings (SSSR count). The van der Waals surface area contributed by atoms with Crippen LogP contribution < -0.4 is 5.32 Å². The van der Waals surface area contributed by atoms with E-state index >= 15 is 0 Å². The van der Waals surface area contributed by atoms with E-state index in [9.17, 15) is 9.90 Å². The fraction of sp³-hybridized carbons (Fsp3) is 0.391. The molecule has 1 aliphatic rings. The van der Waals surface area contributed by atoms with Crippen LogP contribution in [-0.2, 0) is 11.3 Å². The van der Waals surface area contributed by atoms with Crippen molar-refractivity contribution in [3.63, 3.8) is 0 Å². The maximum Gasteiger partial charge on any atom is 0.311 e. The van der Waals surface area contributed by atoms with Crippen LogP contribution in [0.15, 0.2) is 42.7 Å². The van der Waals surface area contributed by atoms with Gasteiger partial charge in [-0.05, 0) is 57.1 Å². The van der Waals surface area contributed by atoms with Gasteiger partial charge in [0.2, 0.25) is 5.95 Å². The summed E-state index contributed by atoms with van der Waals surface area (Å²) in [6, 6.07) is 9.89. The smallest absolute Gasteiger partial charge is 0.311 e. The maximum absolute atomic E-state index is 12.0. The number of benzene rings is 1. The molecule has 3 aromatic rings. The summed E-state index contributed by atoms with van der Waals surface area (Å²) in [7, 11) is 4.09. The van der Waals surface area contributed by atoms with E-state index in [1.54, 1.807) is 6.20 Å². The minimum Gasteiger partial charge on any atom is -0.481 e. The lowest BCUT2D eigenvalue weighted by Crippen LogP contribution is -2.45. The van der Waals surface area contributed by atoms with E-state index in [4.69, 9.17) is 4.98 Å². The number of hydrogen-bond acceptors (Lipinski definition) is 5. The number of hydrogen-bond donors (Lipinski definition) is 2. The van der Waals surface area contributed by atoms with E-state index in [2.05, 4.69) is 34.3 Å². The lowest BCUT2D eigenvalue weighted by atomic mass is 9.63. The van der Waals surface area contributed by atoms with Crippen LogP contribution >= 0.6 is 0 Å². The molecule has 1 aromatic carbocycles. The van der Waals surface area contributed by atoms with Crippen molar-refractivity contribution < 1.29 is 9.90 Å². The Morgan fingerprint density at radius 2 is 2.03 bits per heavy atom. The molecule has 0 amide bonds. The van der Waals surface area contributed by atoms with Crippen LogP contribution in [0.3, 0.4) is 0 Å². The van der Waals surface area contributed by atoms with Crippen LogP contribution in [0.5, 0.6) is 0 Å². The van der Waals surface area contributed by atoms with Crippen LogP contribution in [0.1, 0.15) is 37.3 Å². The molecule has 2 N–H and O–H groups in total. The van der Waals surface area contributed by atoms with Crippen molar-refractivity contribution in [2.75, 3.05) is 19.4 Å². The highest BCUT2D eigenvalue weighted by atomic mass is 16.4. The zero-order valence-corrected chi connectivity index (χ0v) is 17.5. The van der Waals surface area contributed by atoms with Crippen molar-refractivity contribution in [3.05, 3.63) is 55.2 Å². The molecule has 1 saturated carbocycles. The molecule has 1 fully saturated rings. The van der Waals surface area contributed by atoms with Crippen LogP contribution in [0.2, 0.25) is 0 Å². The molecule has 2 aromatic heterocycles. The van der Waals surface area contributed by atoms with E-state index in [-0.39, 0.29) is 6.04 Å². The molecular weight excluding hydrogens is 378 g/mol. The van der Waals surface area contributed by atoms with Gasteiger partial charge >= 0.3 is 5.97 Å². The topological polar surface area (TPSA) is 83.3 Å². The van der Waals surface area contributed by atoms with Crippen LogP contribution in [0.25, 0.3) is 11.0 Å². The third-order valence-corrected chi connectivity index (χ3v) is 6.08. The second-order valence-corrected chi connectivity index (χ2v) is 8.37. The molecule has 7 heteroatoms. The Morgan fingerprint density at radius 3 is 2.60 bits per heavy atom. The first-order valence-corrected chi connectivity index (χ1v) is 10.3. The van der Waals surface area contributed by atoms with Gasteiger partial charge in [-0.3, -0.25) is 4.79 Å². The molecule has 2 heterocycles. The average molecular weight is 407 g/mol. The highest BCUT2D eigenvalue weighted by Crippen LogP contribution is 2.51. The largest absolute Gasteiger partial charge is 0.481 e. The Bertz CT molecular complexity index is 1040. The number of fused-ring (bicyclic) bond motifs is 1. The zero-order chi connectivity index (χ0) is 21.3. The van der Waals surface area contributed by atoms with E-state index in [0.29, 0.717) is 25.2 Å². The number of aromatic nitrogens is 3. The van der Waals surface area contributed by atoms with Gasteiger partial charge in [0, 0.05) is 30.0 Å². The molecule has 1 atom stereocenters. The molecule has 1 aliphatic carbocycles. The van der Waals surface area contributed by atoms with Crippen molar-refractivity contribution in [2.24, 2.45) is 5.41 Å². The monoisotopic (exact) mass is 406 g/mol. The van der Waals surface area contributed by atoms with Crippen LogP contribution in [0, 0.1) is 12.3 Å². The van der Waals surface area contributed by atoms with Crippen LogP contribution in [0.4, 0.5) is 11.6 Å². The third-order valence-electron chi connectivity index (χ3n) is 6.08. The summed E-state index contributed by atoms with van der Waals surface area (Å²) in [6.45, 7) is 4.93. The Morgan fingerprint density at radius 1 is 1.30 bits per heavy atom. The Balaban J connectivity index is 1.62. The quantitative estimate of drug-likeness (QED) is 0.582. The highest BCUT2D eigenvalue weighted by Gasteiger charge is 2.51. The van der Waals surface area contributed by atoms with Crippen LogP contribution in [-0.4, -0.2) is 44.6 Å². The number of carboxylic acid groups (broad SMARTS) is 1. The molecule has 0 aliphatic heterocycles. The van der Waals surface area contributed by atoms with Gasteiger partial charge in [0.15, 0.2) is 0 Å². The summed E-state index contributed by atoms with van der Waals surface area (Å²) < 4.78 is 1.97. The predicted octanol–water partition coefficient (Wildman–Crippen LogP) is 4.26. The van der Waals surface area contributed by atoms with E-state index in [1.165, 1.54) is 5.56 Å². The first-order valence-electron chi connectivity index (χ1n) is 10.3. The zero-order valence-electron chi connectivity index (χ0n) is 17.5. The predicted molar refractivity (Wildman–Crippen MR) is 118 cm³/mol. The van der Waals surface area contributed by atoms with Gasteiger partial charge in [-0.25, -0.2) is 4.98 Å². The van der Waals surface area contributed by atoms with E-state index in [1.807, 2.05) is 43.1 Å². The number of carboxylic acids is 1. The van der Waals surface area contributed by atoms with Gasteiger partial charge in [-0.15, -0.1) is 0 Å². The van der Waals surface area contributed by atoms with Gasteiger partial charge in [0.25, 0.3) is 0 Å². The van der Waals surface area contributed by atoms with E-state index < -0.39 is 11.4 Å². The number of nitrogens with one attached hydrogen (secondary N) is 1. The number of carbonyl (C=O) groups is 1. The molecule has 7 nitrogen and oxygen atoms in total. The molecule has 0 saturated heterocycles. The molecule has 1 unspecified atom stereocenters. The minimum atomic E-state index is -0.755. The average Bonchev–Trinajstić information content (AvgIpc) is 3.08. The SMILES string of the molecule is [CH2]CC(n1ccc2cnc(Nc3ccc(CN(C)C)cc3)nc21)C1(C(=O)O)CCC1. The number of rotatable bonds is 8. The van der Waals surface area contributed by atoms with Crippen molar-refractivity contribution in [1.82, 2.24) is 19.4 Å². The second-order valence-electron chi connectivity index (χ2n) is 8.37. The summed E-state index contributed by atoms with van der Waals surface area (Å²) in [5, 5.41) is 14.0. The van der Waals surface area contributed by atoms with E-state index in [0.717, 1.165) is 29.7 Å². The number of anilines is 2. The third kappa shape index (κ3) is 3.65. The van der Waals surface area contributed by atoms with Gasteiger partial charge in [-0.1, -0.05) is 25.5 Å². The number of nitrogens with zero attached hydrogens (tertiary/aromatic N) is 4. The molecule has 1 radical (unpaired) electrons. The standard InChI is InChI=1S/C23H28N5O2/c1-4-19(23(21(29)30)11-5-12-23)28-13-10-17-14-24-22(26-20(17)28)25-18-8-6-16(7-9-18)15-27(2)3/h6-10,13-14,19H,1,4-5,11-12,15H2,2-3H3,(H,29,30)(H,24,25,26). The van der Waals surface area contributed by atoms with Crippen molar-refractivity contribution in [1.29, 1.82) is 0 Å². The Hall–Kier alpha value is -2.93. The lowest BCUT2D eigenvalue weighted by Gasteiger charge is -2.44. The summed E-state index contributed by atoms with van der Waals surface area (Å²) in [6.07, 6.45) is 6.48. The van der Waals surface area contributed by atoms with Gasteiger partial charge in [0.05, 0.1) is 11.5 Å². The Labute approximate surface area is 176 Å². The lowest BCUT2D eigenvalue weighted by molar-refractivity contribution is -0.158.